The zero-order valence-corrected chi connectivity index (χ0v) is 33.3. The molecule has 0 aliphatic heterocycles. The third-order valence-corrected chi connectivity index (χ3v) is 8.21. The van der Waals surface area contributed by atoms with Crippen LogP contribution >= 0.6 is 0 Å². The Morgan fingerprint density at radius 3 is 1.25 bits per heavy atom. The van der Waals surface area contributed by atoms with Crippen molar-refractivity contribution in [3.05, 3.63) is 108 Å². The smallest absolute Gasteiger partial charge is 0.434 e. The second kappa shape index (κ2) is 20.4. The fraction of sp³-hybridized carbons (Fsp3) is 0.333. The molecule has 0 heterocycles. The van der Waals surface area contributed by atoms with Crippen molar-refractivity contribution in [2.45, 2.75) is 65.0 Å². The van der Waals surface area contributed by atoms with Gasteiger partial charge in [0, 0.05) is 0 Å². The molecule has 18 nitrogen and oxygen atoms in total. The molecule has 0 saturated heterocycles. The highest BCUT2D eigenvalue weighted by atomic mass is 17.2. The van der Waals surface area contributed by atoms with Crippen LogP contribution in [0.15, 0.2) is 97.1 Å². The first-order chi connectivity index (χ1) is 28.6. The summed E-state index contributed by atoms with van der Waals surface area (Å²) in [5, 5.41) is 0. The highest BCUT2D eigenvalue weighted by Crippen LogP contribution is 2.39. The molecule has 2 aliphatic rings. The van der Waals surface area contributed by atoms with Crippen LogP contribution in [0.2, 0.25) is 0 Å². The highest BCUT2D eigenvalue weighted by molar-refractivity contribution is 6.11. The number of ketones is 2. The molecule has 0 saturated carbocycles. The second-order valence-electron chi connectivity index (χ2n) is 13.1. The summed E-state index contributed by atoms with van der Waals surface area (Å²) in [6.07, 6.45) is 2.88. The topological polar surface area (TPSA) is 229 Å². The van der Waals surface area contributed by atoms with Crippen molar-refractivity contribution >= 4 is 48.1 Å². The van der Waals surface area contributed by atoms with Crippen LogP contribution in [-0.2, 0) is 47.8 Å². The maximum absolute atomic E-state index is 14.5. The zero-order valence-electron chi connectivity index (χ0n) is 33.3. The standard InChI is InChI=1S/C42H42O18/c1-7-51-37(47)55-31-21-11-9-17-27(31)33(43)41(57-39(49)53-25(3)4)23-15-13-19-29(41)35(45)59-60-36(46)30-20-14-16-24-42(30,58-40(50)54-26(5)6)34(44)28-18-10-12-22-32(28)56-38(48)52-8-2/h9-26,29-30H,7-8H2,1-6H3. The summed E-state index contributed by atoms with van der Waals surface area (Å²) in [7, 11) is 0. The first kappa shape index (κ1) is 45.5. The molecule has 60 heavy (non-hydrogen) atoms. The molecular weight excluding hydrogens is 792 g/mol. The van der Waals surface area contributed by atoms with E-state index in [1.54, 1.807) is 0 Å². The lowest BCUT2D eigenvalue weighted by molar-refractivity contribution is -0.267. The first-order valence-corrected chi connectivity index (χ1v) is 18.5. The minimum Gasteiger partial charge on any atom is -0.434 e. The van der Waals surface area contributed by atoms with E-state index in [9.17, 15) is 38.4 Å². The van der Waals surface area contributed by atoms with Crippen LogP contribution in [0, 0.1) is 11.8 Å². The van der Waals surface area contributed by atoms with Gasteiger partial charge in [0.05, 0.1) is 36.5 Å². The zero-order chi connectivity index (χ0) is 44.0. The Balaban J connectivity index is 1.72. The molecule has 18 heteroatoms. The molecule has 4 unspecified atom stereocenters. The SMILES string of the molecule is CCOC(=O)Oc1ccccc1C(=O)C1(OC(=O)OC(C)C)C=CC=CC1C(=O)OOC(=O)C1C=CC=CC1(OC(=O)OC(C)C)C(=O)c1ccccc1OC(=O)OCC. The quantitative estimate of drug-likeness (QED) is 0.0470. The van der Waals surface area contributed by atoms with Gasteiger partial charge in [0.25, 0.3) is 0 Å². The molecule has 2 aromatic rings. The molecule has 0 aromatic heterocycles. The number of benzene rings is 2. The molecule has 0 bridgehead atoms. The van der Waals surface area contributed by atoms with Gasteiger partial charge in [-0.3, -0.25) is 9.59 Å². The molecular formula is C42H42O18. The molecule has 318 valence electrons. The average Bonchev–Trinajstić information content (AvgIpc) is 3.19. The van der Waals surface area contributed by atoms with Gasteiger partial charge in [-0.2, -0.15) is 0 Å². The van der Waals surface area contributed by atoms with Crippen LogP contribution in [0.5, 0.6) is 11.5 Å². The lowest BCUT2D eigenvalue weighted by Gasteiger charge is -2.35. The van der Waals surface area contributed by atoms with E-state index in [0.717, 1.165) is 24.3 Å². The Bertz CT molecular complexity index is 1950. The van der Waals surface area contributed by atoms with Gasteiger partial charge >= 0.3 is 36.6 Å². The first-order valence-electron chi connectivity index (χ1n) is 18.5. The molecule has 0 fully saturated rings. The summed E-state index contributed by atoms with van der Waals surface area (Å²) in [5.74, 6) is -9.66. The number of allylic oxidation sites excluding steroid dienone is 4. The lowest BCUT2D eigenvalue weighted by Crippen LogP contribution is -2.53. The van der Waals surface area contributed by atoms with E-state index in [1.807, 2.05) is 0 Å². The van der Waals surface area contributed by atoms with Gasteiger partial charge in [-0.25, -0.2) is 38.5 Å². The van der Waals surface area contributed by atoms with Crippen LogP contribution in [-0.4, -0.2) is 84.8 Å². The van der Waals surface area contributed by atoms with Gasteiger partial charge in [0.15, 0.2) is 0 Å². The van der Waals surface area contributed by atoms with Crippen molar-refractivity contribution in [2.75, 3.05) is 13.2 Å². The molecule has 0 spiro atoms. The maximum Gasteiger partial charge on any atom is 0.513 e. The van der Waals surface area contributed by atoms with E-state index in [0.29, 0.717) is 0 Å². The van der Waals surface area contributed by atoms with Crippen molar-refractivity contribution in [1.29, 1.82) is 0 Å². The summed E-state index contributed by atoms with van der Waals surface area (Å²) in [4.78, 5) is 117. The van der Waals surface area contributed by atoms with Crippen molar-refractivity contribution in [2.24, 2.45) is 11.8 Å². The lowest BCUT2D eigenvalue weighted by atomic mass is 9.77. The van der Waals surface area contributed by atoms with E-state index in [1.165, 1.54) is 114 Å². The number of Topliss-reactive ketones (excluding diaryl/α,β-unsaturated/α-hetero) is 2. The number of hydrogen-bond donors (Lipinski definition) is 0. The van der Waals surface area contributed by atoms with Crippen molar-refractivity contribution in [3.8, 4) is 11.5 Å². The molecule has 0 N–H and O–H groups in total. The monoisotopic (exact) mass is 834 g/mol. The van der Waals surface area contributed by atoms with Crippen molar-refractivity contribution < 1.29 is 86.0 Å². The minimum atomic E-state index is -2.61. The Labute approximate surface area is 343 Å². The summed E-state index contributed by atoms with van der Waals surface area (Å²) in [6, 6.07) is 10.6. The second-order valence-corrected chi connectivity index (χ2v) is 13.1. The van der Waals surface area contributed by atoms with Crippen molar-refractivity contribution in [1.82, 2.24) is 0 Å². The Morgan fingerprint density at radius 1 is 0.533 bits per heavy atom. The van der Waals surface area contributed by atoms with Crippen LogP contribution < -0.4 is 9.47 Å². The Hall–Kier alpha value is -7.24. The average molecular weight is 835 g/mol. The van der Waals surface area contributed by atoms with Gasteiger partial charge in [-0.1, -0.05) is 60.7 Å². The van der Waals surface area contributed by atoms with E-state index in [2.05, 4.69) is 0 Å². The van der Waals surface area contributed by atoms with E-state index in [-0.39, 0.29) is 35.8 Å². The molecule has 2 aliphatic carbocycles. The number of ether oxygens (including phenoxy) is 8. The Morgan fingerprint density at radius 2 is 0.900 bits per heavy atom. The number of para-hydroxylation sites is 2. The van der Waals surface area contributed by atoms with E-state index in [4.69, 9.17) is 47.7 Å². The largest absolute Gasteiger partial charge is 0.513 e. The Kier molecular flexibility index (Phi) is 15.5. The molecule has 0 radical (unpaired) electrons. The fourth-order valence-corrected chi connectivity index (χ4v) is 5.75. The fourth-order valence-electron chi connectivity index (χ4n) is 5.75. The van der Waals surface area contributed by atoms with Crippen LogP contribution in [0.25, 0.3) is 0 Å². The predicted octanol–water partition coefficient (Wildman–Crippen LogP) is 6.91. The van der Waals surface area contributed by atoms with E-state index >= 15 is 0 Å². The predicted molar refractivity (Wildman–Crippen MR) is 203 cm³/mol. The normalized spacial score (nSPS) is 20.0. The van der Waals surface area contributed by atoms with Gasteiger partial charge in [-0.15, -0.1) is 0 Å². The number of carbonyl (C=O) groups is 8. The third kappa shape index (κ3) is 10.8. The van der Waals surface area contributed by atoms with Gasteiger partial charge in [-0.05, 0) is 78.0 Å². The summed E-state index contributed by atoms with van der Waals surface area (Å²) in [5.41, 5.74) is -5.93. The summed E-state index contributed by atoms with van der Waals surface area (Å²) < 4.78 is 41.5. The number of hydrogen-bond acceptors (Lipinski definition) is 18. The summed E-state index contributed by atoms with van der Waals surface area (Å²) in [6.45, 7) is 8.93. The number of rotatable bonds is 14. The molecule has 4 rings (SSSR count). The number of carbonyl (C=O) groups excluding carboxylic acids is 8. The minimum absolute atomic E-state index is 0.0588. The van der Waals surface area contributed by atoms with Crippen LogP contribution in [0.4, 0.5) is 19.2 Å². The molecule has 4 atom stereocenters. The van der Waals surface area contributed by atoms with Crippen LogP contribution in [0.1, 0.15) is 62.3 Å². The molecule has 0 amide bonds. The van der Waals surface area contributed by atoms with E-state index < -0.39 is 83.4 Å². The maximum atomic E-state index is 14.5. The van der Waals surface area contributed by atoms with Gasteiger partial charge in [0.1, 0.15) is 23.3 Å². The van der Waals surface area contributed by atoms with Gasteiger partial charge < -0.3 is 37.9 Å². The van der Waals surface area contributed by atoms with Crippen molar-refractivity contribution in [3.63, 3.8) is 0 Å². The summed E-state index contributed by atoms with van der Waals surface area (Å²) >= 11 is 0. The van der Waals surface area contributed by atoms with Gasteiger partial charge in [0.2, 0.25) is 22.8 Å². The highest BCUT2D eigenvalue weighted by Gasteiger charge is 2.56. The van der Waals surface area contributed by atoms with Crippen LogP contribution in [0.3, 0.4) is 0 Å². The third-order valence-electron chi connectivity index (χ3n) is 8.21. The molecule has 2 aromatic carbocycles.